The lowest BCUT2D eigenvalue weighted by atomic mass is 10.0. The molecular formula is C20H22F3N3O3. The van der Waals surface area contributed by atoms with Gasteiger partial charge in [-0.15, -0.1) is 0 Å². The van der Waals surface area contributed by atoms with Gasteiger partial charge < -0.3 is 14.6 Å². The number of nitrogens with zero attached hydrogens (tertiary/aromatic N) is 3. The molecule has 9 heteroatoms. The SMILES string of the molecule is CC1CN(c2c(F)c(F)c3c(=O)c(C(=O)O)cn(C4CC4)c3c2F)CC(C)N1C. The number of benzene rings is 1. The predicted molar refractivity (Wildman–Crippen MR) is 102 cm³/mol. The molecule has 1 aliphatic carbocycles. The maximum absolute atomic E-state index is 15.6. The van der Waals surface area contributed by atoms with Gasteiger partial charge in [-0.05, 0) is 33.7 Å². The van der Waals surface area contributed by atoms with Crippen molar-refractivity contribution in [2.45, 2.75) is 44.8 Å². The van der Waals surface area contributed by atoms with Gasteiger partial charge in [-0.3, -0.25) is 9.69 Å². The Bertz CT molecular complexity index is 1070. The molecule has 2 aliphatic rings. The molecule has 0 bridgehead atoms. The van der Waals surface area contributed by atoms with E-state index in [0.717, 1.165) is 6.20 Å². The number of pyridine rings is 1. The van der Waals surface area contributed by atoms with E-state index in [-0.39, 0.29) is 23.6 Å². The number of carboxylic acids is 1. The number of aromatic nitrogens is 1. The van der Waals surface area contributed by atoms with Crippen molar-refractivity contribution >= 4 is 22.6 Å². The number of rotatable bonds is 3. The largest absolute Gasteiger partial charge is 0.477 e. The first-order chi connectivity index (χ1) is 13.6. The van der Waals surface area contributed by atoms with Gasteiger partial charge in [-0.1, -0.05) is 0 Å². The Morgan fingerprint density at radius 2 is 1.66 bits per heavy atom. The molecule has 2 heterocycles. The van der Waals surface area contributed by atoms with Crippen LogP contribution in [-0.2, 0) is 0 Å². The van der Waals surface area contributed by atoms with Crippen LogP contribution in [0.1, 0.15) is 43.1 Å². The minimum Gasteiger partial charge on any atom is -0.477 e. The van der Waals surface area contributed by atoms with Crippen LogP contribution in [0.25, 0.3) is 10.9 Å². The highest BCUT2D eigenvalue weighted by molar-refractivity contribution is 5.94. The van der Waals surface area contributed by atoms with E-state index in [1.807, 2.05) is 20.9 Å². The number of carbonyl (C=O) groups is 1. The Labute approximate surface area is 165 Å². The number of anilines is 1. The van der Waals surface area contributed by atoms with Crippen LogP contribution in [0.15, 0.2) is 11.0 Å². The van der Waals surface area contributed by atoms with Crippen molar-refractivity contribution in [1.29, 1.82) is 0 Å². The van der Waals surface area contributed by atoms with Gasteiger partial charge in [0.05, 0.1) is 10.9 Å². The van der Waals surface area contributed by atoms with Crippen molar-refractivity contribution in [3.63, 3.8) is 0 Å². The van der Waals surface area contributed by atoms with Crippen molar-refractivity contribution in [3.05, 3.63) is 39.4 Å². The van der Waals surface area contributed by atoms with E-state index >= 15 is 13.2 Å². The minimum atomic E-state index is -1.56. The molecule has 1 saturated carbocycles. The quantitative estimate of drug-likeness (QED) is 0.790. The van der Waals surface area contributed by atoms with Crippen LogP contribution < -0.4 is 10.3 Å². The third kappa shape index (κ3) is 2.99. The van der Waals surface area contributed by atoms with Crippen LogP contribution in [0.4, 0.5) is 18.9 Å². The van der Waals surface area contributed by atoms with E-state index in [1.54, 1.807) is 0 Å². The summed E-state index contributed by atoms with van der Waals surface area (Å²) in [6, 6.07) is -0.276. The molecule has 2 atom stereocenters. The smallest absolute Gasteiger partial charge is 0.341 e. The molecule has 6 nitrogen and oxygen atoms in total. The highest BCUT2D eigenvalue weighted by Gasteiger charge is 2.36. The maximum atomic E-state index is 15.6. The van der Waals surface area contributed by atoms with Crippen molar-refractivity contribution in [3.8, 4) is 0 Å². The fourth-order valence-corrected chi connectivity index (χ4v) is 4.14. The third-order valence-electron chi connectivity index (χ3n) is 6.12. The van der Waals surface area contributed by atoms with E-state index in [9.17, 15) is 14.7 Å². The second-order valence-corrected chi connectivity index (χ2v) is 8.10. The second kappa shape index (κ2) is 6.76. The molecule has 4 rings (SSSR count). The Morgan fingerprint density at radius 1 is 1.07 bits per heavy atom. The summed E-state index contributed by atoms with van der Waals surface area (Å²) >= 11 is 0. The van der Waals surface area contributed by atoms with Crippen molar-refractivity contribution < 1.29 is 23.1 Å². The molecule has 0 spiro atoms. The van der Waals surface area contributed by atoms with Crippen LogP contribution in [-0.4, -0.2) is 52.8 Å². The summed E-state index contributed by atoms with van der Waals surface area (Å²) < 4.78 is 47.0. The lowest BCUT2D eigenvalue weighted by molar-refractivity contribution is 0.0694. The number of fused-ring (bicyclic) bond motifs is 1. The summed E-state index contributed by atoms with van der Waals surface area (Å²) in [7, 11) is 1.92. The third-order valence-corrected chi connectivity index (χ3v) is 6.12. The molecule has 1 saturated heterocycles. The predicted octanol–water partition coefficient (Wildman–Crippen LogP) is 2.98. The molecule has 0 amide bonds. The minimum absolute atomic E-state index is 0.0173. The first-order valence-electron chi connectivity index (χ1n) is 9.58. The Kier molecular flexibility index (Phi) is 4.60. The van der Waals surface area contributed by atoms with Gasteiger partial charge in [0.2, 0.25) is 5.43 Å². The van der Waals surface area contributed by atoms with E-state index in [1.165, 1.54) is 9.47 Å². The van der Waals surface area contributed by atoms with Crippen LogP contribution in [0, 0.1) is 17.5 Å². The molecule has 1 aromatic carbocycles. The second-order valence-electron chi connectivity index (χ2n) is 8.10. The van der Waals surface area contributed by atoms with Crippen LogP contribution in [0.3, 0.4) is 0 Å². The molecule has 2 aromatic rings. The Morgan fingerprint density at radius 3 is 2.17 bits per heavy atom. The molecule has 0 radical (unpaired) electrons. The molecule has 1 N–H and O–H groups in total. The number of carboxylic acid groups (broad SMARTS) is 1. The lowest BCUT2D eigenvalue weighted by Gasteiger charge is -2.43. The topological polar surface area (TPSA) is 65.8 Å². The van der Waals surface area contributed by atoms with Gasteiger partial charge in [-0.2, -0.15) is 0 Å². The standard InChI is InChI=1S/C20H22F3N3O3/c1-9-6-25(7-10(2)24(9)3)18-15(22)14(21)13-17(16(18)23)26(11-4-5-11)8-12(19(13)27)20(28)29/h8-11H,4-7H2,1-3H3,(H,28,29). The average Bonchev–Trinajstić information content (AvgIpc) is 3.48. The lowest BCUT2D eigenvalue weighted by Crippen LogP contribution is -2.55. The summed E-state index contributed by atoms with van der Waals surface area (Å²) in [4.78, 5) is 27.5. The van der Waals surface area contributed by atoms with Gasteiger partial charge in [0, 0.05) is 37.4 Å². The van der Waals surface area contributed by atoms with Gasteiger partial charge in [0.15, 0.2) is 17.5 Å². The number of aromatic carboxylic acids is 1. The molecular weight excluding hydrogens is 387 g/mol. The fourth-order valence-electron chi connectivity index (χ4n) is 4.14. The number of piperazine rings is 1. The van der Waals surface area contributed by atoms with E-state index < -0.39 is 45.5 Å². The molecule has 1 aliphatic heterocycles. The van der Waals surface area contributed by atoms with E-state index in [0.29, 0.717) is 25.9 Å². The van der Waals surface area contributed by atoms with E-state index in [2.05, 4.69) is 4.90 Å². The zero-order valence-corrected chi connectivity index (χ0v) is 16.4. The van der Waals surface area contributed by atoms with E-state index in [4.69, 9.17) is 0 Å². The number of halogens is 3. The van der Waals surface area contributed by atoms with Gasteiger partial charge in [0.1, 0.15) is 11.3 Å². The zero-order valence-electron chi connectivity index (χ0n) is 16.4. The average molecular weight is 409 g/mol. The summed E-state index contributed by atoms with van der Waals surface area (Å²) in [5, 5.41) is 8.44. The van der Waals surface area contributed by atoms with Crippen LogP contribution in [0.5, 0.6) is 0 Å². The fraction of sp³-hybridized carbons (Fsp3) is 0.500. The van der Waals surface area contributed by atoms with Gasteiger partial charge in [-0.25, -0.2) is 18.0 Å². The molecule has 29 heavy (non-hydrogen) atoms. The molecule has 2 unspecified atom stereocenters. The molecule has 2 fully saturated rings. The maximum Gasteiger partial charge on any atom is 0.341 e. The number of hydrogen-bond acceptors (Lipinski definition) is 4. The van der Waals surface area contributed by atoms with Crippen molar-refractivity contribution in [2.24, 2.45) is 0 Å². The summed E-state index contributed by atoms with van der Waals surface area (Å²) in [5.74, 6) is -5.54. The first kappa shape index (κ1) is 19.8. The van der Waals surface area contributed by atoms with Crippen LogP contribution in [0.2, 0.25) is 0 Å². The summed E-state index contributed by atoms with van der Waals surface area (Å²) in [6.07, 6.45) is 2.34. The monoisotopic (exact) mass is 409 g/mol. The van der Waals surface area contributed by atoms with Gasteiger partial charge >= 0.3 is 5.97 Å². The highest BCUT2D eigenvalue weighted by atomic mass is 19.2. The van der Waals surface area contributed by atoms with Crippen molar-refractivity contribution in [1.82, 2.24) is 9.47 Å². The Hall–Kier alpha value is -2.55. The highest BCUT2D eigenvalue weighted by Crippen LogP contribution is 2.41. The first-order valence-corrected chi connectivity index (χ1v) is 9.58. The Balaban J connectivity index is 2.02. The molecule has 1 aromatic heterocycles. The molecule has 156 valence electrons. The summed E-state index contributed by atoms with van der Waals surface area (Å²) in [5.41, 5.74) is -2.78. The zero-order chi connectivity index (χ0) is 21.2. The summed E-state index contributed by atoms with van der Waals surface area (Å²) in [6.45, 7) is 4.41. The van der Waals surface area contributed by atoms with Crippen molar-refractivity contribution in [2.75, 3.05) is 25.0 Å². The van der Waals surface area contributed by atoms with Gasteiger partial charge in [0.25, 0.3) is 0 Å². The van der Waals surface area contributed by atoms with Crippen LogP contribution >= 0.6 is 0 Å². The normalized spacial score (nSPS) is 23.0. The number of likely N-dealkylation sites (N-methyl/N-ethyl adjacent to an activating group) is 1. The number of hydrogen-bond donors (Lipinski definition) is 1.